The molecule has 11 heavy (non-hydrogen) atoms. The standard InChI is InChI=1S/C9H18FN/c1-8(2)6-11-5-3-4-9(10)7-11/h8-9H,3-7H2,1-2H3. The summed E-state index contributed by atoms with van der Waals surface area (Å²) < 4.78 is 12.8. The lowest BCUT2D eigenvalue weighted by atomic mass is 10.1. The summed E-state index contributed by atoms with van der Waals surface area (Å²) in [6, 6.07) is 0. The van der Waals surface area contributed by atoms with Gasteiger partial charge in [-0.3, -0.25) is 0 Å². The van der Waals surface area contributed by atoms with Crippen LogP contribution in [0, 0.1) is 5.92 Å². The quantitative estimate of drug-likeness (QED) is 0.596. The molecule has 0 aliphatic carbocycles. The third-order valence-electron chi connectivity index (χ3n) is 2.07. The molecule has 1 rings (SSSR count). The van der Waals surface area contributed by atoms with Gasteiger partial charge in [0.25, 0.3) is 0 Å². The first-order valence-corrected chi connectivity index (χ1v) is 4.55. The van der Waals surface area contributed by atoms with Crippen molar-refractivity contribution in [3.63, 3.8) is 0 Å². The Labute approximate surface area is 68.6 Å². The van der Waals surface area contributed by atoms with Gasteiger partial charge in [0.1, 0.15) is 6.17 Å². The molecule has 1 fully saturated rings. The SMILES string of the molecule is CC(C)CN1CCCC(F)C1. The number of hydrogen-bond acceptors (Lipinski definition) is 1. The molecule has 0 aromatic heterocycles. The van der Waals surface area contributed by atoms with Crippen molar-refractivity contribution in [3.05, 3.63) is 0 Å². The van der Waals surface area contributed by atoms with Crippen molar-refractivity contribution in [1.29, 1.82) is 0 Å². The van der Waals surface area contributed by atoms with E-state index in [9.17, 15) is 4.39 Å². The van der Waals surface area contributed by atoms with Crippen molar-refractivity contribution >= 4 is 0 Å². The second kappa shape index (κ2) is 4.05. The van der Waals surface area contributed by atoms with E-state index >= 15 is 0 Å². The van der Waals surface area contributed by atoms with E-state index in [-0.39, 0.29) is 0 Å². The lowest BCUT2D eigenvalue weighted by Gasteiger charge is -2.29. The Morgan fingerprint density at radius 1 is 1.55 bits per heavy atom. The van der Waals surface area contributed by atoms with Crippen LogP contribution < -0.4 is 0 Å². The van der Waals surface area contributed by atoms with E-state index in [1.54, 1.807) is 0 Å². The first-order valence-electron chi connectivity index (χ1n) is 4.55. The van der Waals surface area contributed by atoms with Crippen molar-refractivity contribution in [2.24, 2.45) is 5.92 Å². The highest BCUT2D eigenvalue weighted by atomic mass is 19.1. The van der Waals surface area contributed by atoms with Crippen LogP contribution in [0.5, 0.6) is 0 Å². The molecule has 2 heteroatoms. The molecule has 1 aliphatic rings. The summed E-state index contributed by atoms with van der Waals surface area (Å²) >= 11 is 0. The fourth-order valence-corrected chi connectivity index (χ4v) is 1.68. The maximum absolute atomic E-state index is 12.8. The van der Waals surface area contributed by atoms with Crippen LogP contribution in [0.15, 0.2) is 0 Å². The number of rotatable bonds is 2. The summed E-state index contributed by atoms with van der Waals surface area (Å²) in [6.07, 6.45) is 1.24. The van der Waals surface area contributed by atoms with E-state index in [0.29, 0.717) is 12.5 Å². The third-order valence-corrected chi connectivity index (χ3v) is 2.07. The summed E-state index contributed by atoms with van der Waals surface area (Å²) in [6.45, 7) is 7.18. The predicted octanol–water partition coefficient (Wildman–Crippen LogP) is 2.08. The lowest BCUT2D eigenvalue weighted by molar-refractivity contribution is 0.127. The molecule has 0 bridgehead atoms. The van der Waals surface area contributed by atoms with E-state index in [1.807, 2.05) is 0 Å². The molecule has 0 saturated carbocycles. The van der Waals surface area contributed by atoms with Crippen LogP contribution >= 0.6 is 0 Å². The number of alkyl halides is 1. The molecule has 66 valence electrons. The van der Waals surface area contributed by atoms with Crippen molar-refractivity contribution < 1.29 is 4.39 Å². The zero-order valence-electron chi connectivity index (χ0n) is 7.52. The molecule has 0 aromatic rings. The second-order valence-electron chi connectivity index (χ2n) is 3.89. The van der Waals surface area contributed by atoms with Gasteiger partial charge in [-0.2, -0.15) is 0 Å². The van der Waals surface area contributed by atoms with Crippen LogP contribution in [0.2, 0.25) is 0 Å². The molecule has 1 aliphatic heterocycles. The smallest absolute Gasteiger partial charge is 0.113 e. The van der Waals surface area contributed by atoms with Gasteiger partial charge in [-0.25, -0.2) is 4.39 Å². The molecular formula is C9H18FN. The number of nitrogens with zero attached hydrogens (tertiary/aromatic N) is 1. The fraction of sp³-hybridized carbons (Fsp3) is 1.00. The van der Waals surface area contributed by atoms with E-state index in [1.165, 1.54) is 0 Å². The van der Waals surface area contributed by atoms with Gasteiger partial charge in [-0.15, -0.1) is 0 Å². The summed E-state index contributed by atoms with van der Waals surface area (Å²) in [7, 11) is 0. The molecule has 0 amide bonds. The van der Waals surface area contributed by atoms with Crippen LogP contribution in [0.25, 0.3) is 0 Å². The molecular weight excluding hydrogens is 141 g/mol. The molecule has 0 aromatic carbocycles. The highest BCUT2D eigenvalue weighted by molar-refractivity contribution is 4.72. The molecule has 0 N–H and O–H groups in total. The minimum absolute atomic E-state index is 0.567. The van der Waals surface area contributed by atoms with E-state index in [0.717, 1.165) is 25.9 Å². The van der Waals surface area contributed by atoms with Crippen LogP contribution in [0.4, 0.5) is 4.39 Å². The number of hydrogen-bond donors (Lipinski definition) is 0. The molecule has 0 radical (unpaired) electrons. The van der Waals surface area contributed by atoms with Gasteiger partial charge in [-0.1, -0.05) is 13.8 Å². The average molecular weight is 159 g/mol. The molecule has 0 spiro atoms. The van der Waals surface area contributed by atoms with Gasteiger partial charge >= 0.3 is 0 Å². The third kappa shape index (κ3) is 3.19. The first kappa shape index (κ1) is 8.98. The summed E-state index contributed by atoms with van der Waals surface area (Å²) in [5.74, 6) is 0.667. The highest BCUT2D eigenvalue weighted by Crippen LogP contribution is 2.13. The van der Waals surface area contributed by atoms with E-state index < -0.39 is 6.17 Å². The first-order chi connectivity index (χ1) is 5.18. The van der Waals surface area contributed by atoms with Crippen LogP contribution in [0.1, 0.15) is 26.7 Å². The second-order valence-corrected chi connectivity index (χ2v) is 3.89. The van der Waals surface area contributed by atoms with Crippen molar-refractivity contribution in [2.45, 2.75) is 32.9 Å². The largest absolute Gasteiger partial charge is 0.300 e. The van der Waals surface area contributed by atoms with E-state index in [2.05, 4.69) is 18.7 Å². The Morgan fingerprint density at radius 3 is 2.82 bits per heavy atom. The summed E-state index contributed by atoms with van der Waals surface area (Å²) in [5.41, 5.74) is 0. The number of halogens is 1. The normalized spacial score (nSPS) is 27.8. The van der Waals surface area contributed by atoms with Crippen LogP contribution in [0.3, 0.4) is 0 Å². The van der Waals surface area contributed by atoms with Gasteiger partial charge in [0.15, 0.2) is 0 Å². The Morgan fingerprint density at radius 2 is 2.27 bits per heavy atom. The van der Waals surface area contributed by atoms with Gasteiger partial charge < -0.3 is 4.90 Å². The molecule has 1 unspecified atom stereocenters. The fourth-order valence-electron chi connectivity index (χ4n) is 1.68. The summed E-state index contributed by atoms with van der Waals surface area (Å²) in [5, 5.41) is 0. The molecule has 1 heterocycles. The average Bonchev–Trinajstić information content (AvgIpc) is 1.85. The van der Waals surface area contributed by atoms with Crippen molar-refractivity contribution in [3.8, 4) is 0 Å². The monoisotopic (exact) mass is 159 g/mol. The minimum atomic E-state index is -0.567. The number of piperidine rings is 1. The van der Waals surface area contributed by atoms with Crippen molar-refractivity contribution in [1.82, 2.24) is 4.90 Å². The zero-order chi connectivity index (χ0) is 8.27. The molecule has 1 nitrogen and oxygen atoms in total. The van der Waals surface area contributed by atoms with Gasteiger partial charge in [0, 0.05) is 13.1 Å². The summed E-state index contributed by atoms with van der Waals surface area (Å²) in [4.78, 5) is 2.23. The van der Waals surface area contributed by atoms with E-state index in [4.69, 9.17) is 0 Å². The number of likely N-dealkylation sites (tertiary alicyclic amines) is 1. The molecule has 1 atom stereocenters. The van der Waals surface area contributed by atoms with Crippen LogP contribution in [-0.4, -0.2) is 30.7 Å². The zero-order valence-corrected chi connectivity index (χ0v) is 7.52. The lowest BCUT2D eigenvalue weighted by Crippen LogP contribution is -2.38. The highest BCUT2D eigenvalue weighted by Gasteiger charge is 2.18. The Bertz CT molecular complexity index is 112. The van der Waals surface area contributed by atoms with Crippen LogP contribution in [-0.2, 0) is 0 Å². The van der Waals surface area contributed by atoms with Crippen molar-refractivity contribution in [2.75, 3.05) is 19.6 Å². The Hall–Kier alpha value is -0.110. The minimum Gasteiger partial charge on any atom is -0.300 e. The Kier molecular flexibility index (Phi) is 3.31. The van der Waals surface area contributed by atoms with Gasteiger partial charge in [0.2, 0.25) is 0 Å². The Balaban J connectivity index is 2.23. The topological polar surface area (TPSA) is 3.24 Å². The van der Waals surface area contributed by atoms with Gasteiger partial charge in [0.05, 0.1) is 0 Å². The predicted molar refractivity (Wildman–Crippen MR) is 45.4 cm³/mol. The van der Waals surface area contributed by atoms with Gasteiger partial charge in [-0.05, 0) is 25.3 Å². The maximum Gasteiger partial charge on any atom is 0.113 e. The maximum atomic E-state index is 12.8. The molecule has 1 saturated heterocycles.